The molecule has 82 valence electrons. The molecule has 0 fully saturated rings. The number of hydrogen-bond donors (Lipinski definition) is 1. The van der Waals surface area contributed by atoms with Crippen molar-refractivity contribution in [1.82, 2.24) is 0 Å². The lowest BCUT2D eigenvalue weighted by Crippen LogP contribution is -2.32. The summed E-state index contributed by atoms with van der Waals surface area (Å²) in [5, 5.41) is 10.2. The average molecular weight is 204 g/mol. The third-order valence-corrected chi connectivity index (χ3v) is 3.10. The Labute approximate surface area is 92.5 Å². The van der Waals surface area contributed by atoms with Crippen molar-refractivity contribution in [3.8, 4) is 0 Å². The second-order valence-corrected chi connectivity index (χ2v) is 4.37. The molecule has 0 spiro atoms. The van der Waals surface area contributed by atoms with E-state index in [2.05, 4.69) is 18.7 Å². The van der Waals surface area contributed by atoms with Gasteiger partial charge in [-0.1, -0.05) is 43.3 Å². The van der Waals surface area contributed by atoms with Crippen LogP contribution >= 0.6 is 0 Å². The normalized spacial score (nSPS) is 16.7. The molecule has 0 amide bonds. The predicted octanol–water partition coefficient (Wildman–Crippen LogP) is 3.19. The summed E-state index contributed by atoms with van der Waals surface area (Å²) in [7, 11) is 0. The van der Waals surface area contributed by atoms with Gasteiger partial charge in [-0.2, -0.15) is 0 Å². The van der Waals surface area contributed by atoms with E-state index in [1.807, 2.05) is 38.1 Å². The van der Waals surface area contributed by atoms with Crippen LogP contribution in [0.15, 0.2) is 43.0 Å². The summed E-state index contributed by atoms with van der Waals surface area (Å²) in [6.45, 7) is 7.60. The maximum absolute atomic E-state index is 10.2. The number of rotatable bonds is 5. The van der Waals surface area contributed by atoms with E-state index < -0.39 is 5.60 Å². The molecule has 0 bridgehead atoms. The van der Waals surface area contributed by atoms with Gasteiger partial charge in [0.25, 0.3) is 0 Å². The highest BCUT2D eigenvalue weighted by atomic mass is 16.3. The molecule has 0 saturated carbocycles. The molecule has 0 heterocycles. The van der Waals surface area contributed by atoms with Crippen molar-refractivity contribution in [3.63, 3.8) is 0 Å². The second-order valence-electron chi connectivity index (χ2n) is 4.37. The fourth-order valence-electron chi connectivity index (χ4n) is 1.52. The van der Waals surface area contributed by atoms with Gasteiger partial charge in [0.2, 0.25) is 0 Å². The first-order valence-corrected chi connectivity index (χ1v) is 5.45. The minimum atomic E-state index is -0.655. The summed E-state index contributed by atoms with van der Waals surface area (Å²) in [6, 6.07) is 10.2. The molecule has 15 heavy (non-hydrogen) atoms. The van der Waals surface area contributed by atoms with Gasteiger partial charge in [-0.25, -0.2) is 0 Å². The topological polar surface area (TPSA) is 20.2 Å². The molecule has 0 aromatic heterocycles. The molecule has 1 N–H and O–H groups in total. The SMILES string of the molecule is C=CC(C)C(C)(O)CCc1ccccc1. The lowest BCUT2D eigenvalue weighted by molar-refractivity contribution is 0.0165. The van der Waals surface area contributed by atoms with Gasteiger partial charge in [0, 0.05) is 5.92 Å². The quantitative estimate of drug-likeness (QED) is 0.730. The molecule has 1 nitrogen and oxygen atoms in total. The first-order chi connectivity index (χ1) is 7.06. The fraction of sp³-hybridized carbons (Fsp3) is 0.429. The summed E-state index contributed by atoms with van der Waals surface area (Å²) in [5.74, 6) is 0.126. The Kier molecular flexibility index (Phi) is 4.10. The number of aliphatic hydroxyl groups is 1. The zero-order chi connectivity index (χ0) is 11.3. The van der Waals surface area contributed by atoms with Gasteiger partial charge in [-0.3, -0.25) is 0 Å². The zero-order valence-corrected chi connectivity index (χ0v) is 9.61. The Morgan fingerprint density at radius 1 is 1.40 bits per heavy atom. The largest absolute Gasteiger partial charge is 0.390 e. The molecular weight excluding hydrogens is 184 g/mol. The smallest absolute Gasteiger partial charge is 0.0682 e. The van der Waals surface area contributed by atoms with Crippen molar-refractivity contribution in [2.45, 2.75) is 32.3 Å². The van der Waals surface area contributed by atoms with Gasteiger partial charge in [-0.15, -0.1) is 6.58 Å². The van der Waals surface area contributed by atoms with E-state index in [4.69, 9.17) is 0 Å². The van der Waals surface area contributed by atoms with Gasteiger partial charge in [0.15, 0.2) is 0 Å². The Hall–Kier alpha value is -1.08. The Balaban J connectivity index is 2.53. The summed E-state index contributed by atoms with van der Waals surface area (Å²) >= 11 is 0. The third kappa shape index (κ3) is 3.52. The van der Waals surface area contributed by atoms with E-state index in [1.165, 1.54) is 5.56 Å². The monoisotopic (exact) mass is 204 g/mol. The second kappa shape index (κ2) is 5.13. The molecule has 0 saturated heterocycles. The number of aryl methyl sites for hydroxylation is 1. The lowest BCUT2D eigenvalue weighted by atomic mass is 9.85. The minimum absolute atomic E-state index is 0.126. The molecule has 1 aromatic rings. The maximum Gasteiger partial charge on any atom is 0.0682 e. The van der Waals surface area contributed by atoms with Crippen LogP contribution in [0.2, 0.25) is 0 Å². The van der Waals surface area contributed by atoms with Gasteiger partial charge < -0.3 is 5.11 Å². The van der Waals surface area contributed by atoms with Crippen LogP contribution in [0.25, 0.3) is 0 Å². The molecule has 0 aliphatic rings. The molecular formula is C14H20O. The molecule has 0 aliphatic carbocycles. The van der Waals surface area contributed by atoms with Crippen LogP contribution in [0.1, 0.15) is 25.8 Å². The average Bonchev–Trinajstić information content (AvgIpc) is 2.27. The first-order valence-electron chi connectivity index (χ1n) is 5.45. The van der Waals surface area contributed by atoms with Crippen LogP contribution in [-0.2, 0) is 6.42 Å². The van der Waals surface area contributed by atoms with Crippen LogP contribution in [-0.4, -0.2) is 10.7 Å². The molecule has 2 atom stereocenters. The van der Waals surface area contributed by atoms with Crippen LogP contribution in [0.5, 0.6) is 0 Å². The van der Waals surface area contributed by atoms with Crippen molar-refractivity contribution < 1.29 is 5.11 Å². The molecule has 0 aliphatic heterocycles. The summed E-state index contributed by atoms with van der Waals surface area (Å²) in [4.78, 5) is 0. The van der Waals surface area contributed by atoms with Gasteiger partial charge in [-0.05, 0) is 25.3 Å². The standard InChI is InChI=1S/C14H20O/c1-4-12(2)14(3,15)11-10-13-8-6-5-7-9-13/h4-9,12,15H,1,10-11H2,2-3H3. The van der Waals surface area contributed by atoms with Gasteiger partial charge in [0.1, 0.15) is 0 Å². The van der Waals surface area contributed by atoms with E-state index in [0.717, 1.165) is 12.8 Å². The van der Waals surface area contributed by atoms with E-state index in [1.54, 1.807) is 0 Å². The molecule has 1 heteroatoms. The van der Waals surface area contributed by atoms with Crippen LogP contribution in [0, 0.1) is 5.92 Å². The third-order valence-electron chi connectivity index (χ3n) is 3.10. The van der Waals surface area contributed by atoms with Crippen molar-refractivity contribution in [3.05, 3.63) is 48.6 Å². The molecule has 0 radical (unpaired) electrons. The molecule has 1 aromatic carbocycles. The van der Waals surface area contributed by atoms with Crippen LogP contribution < -0.4 is 0 Å². The van der Waals surface area contributed by atoms with Gasteiger partial charge >= 0.3 is 0 Å². The van der Waals surface area contributed by atoms with Crippen molar-refractivity contribution in [2.75, 3.05) is 0 Å². The lowest BCUT2D eigenvalue weighted by Gasteiger charge is -2.28. The van der Waals surface area contributed by atoms with E-state index in [0.29, 0.717) is 0 Å². The Morgan fingerprint density at radius 2 is 2.00 bits per heavy atom. The highest BCUT2D eigenvalue weighted by Gasteiger charge is 2.25. The number of benzene rings is 1. The fourth-order valence-corrected chi connectivity index (χ4v) is 1.52. The summed E-state index contributed by atoms with van der Waals surface area (Å²) in [6.07, 6.45) is 3.49. The Morgan fingerprint density at radius 3 is 2.53 bits per heavy atom. The highest BCUT2D eigenvalue weighted by molar-refractivity contribution is 5.15. The predicted molar refractivity (Wildman–Crippen MR) is 64.7 cm³/mol. The van der Waals surface area contributed by atoms with Crippen molar-refractivity contribution >= 4 is 0 Å². The highest BCUT2D eigenvalue weighted by Crippen LogP contribution is 2.23. The van der Waals surface area contributed by atoms with E-state index in [9.17, 15) is 5.11 Å². The van der Waals surface area contributed by atoms with Crippen LogP contribution in [0.4, 0.5) is 0 Å². The Bertz CT molecular complexity index is 300. The van der Waals surface area contributed by atoms with Gasteiger partial charge in [0.05, 0.1) is 5.60 Å². The zero-order valence-electron chi connectivity index (χ0n) is 9.61. The molecule has 1 rings (SSSR count). The summed E-state index contributed by atoms with van der Waals surface area (Å²) in [5.41, 5.74) is 0.617. The first kappa shape index (κ1) is 12.0. The van der Waals surface area contributed by atoms with E-state index >= 15 is 0 Å². The summed E-state index contributed by atoms with van der Waals surface area (Å²) < 4.78 is 0. The van der Waals surface area contributed by atoms with E-state index in [-0.39, 0.29) is 5.92 Å². The molecule has 2 unspecified atom stereocenters. The number of hydrogen-bond acceptors (Lipinski definition) is 1. The minimum Gasteiger partial charge on any atom is -0.390 e. The van der Waals surface area contributed by atoms with Crippen LogP contribution in [0.3, 0.4) is 0 Å². The maximum atomic E-state index is 10.2. The van der Waals surface area contributed by atoms with Crippen molar-refractivity contribution in [2.24, 2.45) is 5.92 Å². The van der Waals surface area contributed by atoms with Crippen molar-refractivity contribution in [1.29, 1.82) is 0 Å².